The summed E-state index contributed by atoms with van der Waals surface area (Å²) >= 11 is 0. The van der Waals surface area contributed by atoms with Gasteiger partial charge in [-0.05, 0) is 54.9 Å². The highest BCUT2D eigenvalue weighted by Crippen LogP contribution is 2.41. The summed E-state index contributed by atoms with van der Waals surface area (Å²) in [4.78, 5) is 20.2. The number of carbonyl (C=O) groups is 1. The third-order valence-corrected chi connectivity index (χ3v) is 6.58. The van der Waals surface area contributed by atoms with Gasteiger partial charge in [-0.1, -0.05) is 38.1 Å². The summed E-state index contributed by atoms with van der Waals surface area (Å²) < 4.78 is 2.09. The molecule has 0 spiro atoms. The number of amides is 1. The van der Waals surface area contributed by atoms with Crippen LogP contribution in [-0.2, 0) is 6.42 Å². The molecule has 3 aromatic rings. The summed E-state index contributed by atoms with van der Waals surface area (Å²) in [6.07, 6.45) is 8.18. The minimum Gasteiger partial charge on any atom is -0.335 e. The van der Waals surface area contributed by atoms with Crippen LogP contribution in [0, 0.1) is 0 Å². The van der Waals surface area contributed by atoms with E-state index in [1.807, 2.05) is 18.5 Å². The van der Waals surface area contributed by atoms with E-state index in [0.717, 1.165) is 42.7 Å². The van der Waals surface area contributed by atoms with Crippen LogP contribution in [0.1, 0.15) is 72.1 Å². The van der Waals surface area contributed by atoms with Crippen molar-refractivity contribution >= 4 is 11.6 Å². The van der Waals surface area contributed by atoms with Crippen LogP contribution in [0.25, 0.3) is 5.65 Å². The van der Waals surface area contributed by atoms with Crippen molar-refractivity contribution < 1.29 is 4.79 Å². The van der Waals surface area contributed by atoms with Crippen molar-refractivity contribution in [2.45, 2.75) is 57.4 Å². The van der Waals surface area contributed by atoms with Gasteiger partial charge in [-0.2, -0.15) is 0 Å². The maximum Gasteiger partial charge on any atom is 0.254 e. The van der Waals surface area contributed by atoms with E-state index >= 15 is 0 Å². The Hall–Kier alpha value is -2.62. The largest absolute Gasteiger partial charge is 0.335 e. The number of piperidine rings is 1. The quantitative estimate of drug-likeness (QED) is 0.647. The Morgan fingerprint density at radius 3 is 2.89 bits per heavy atom. The number of likely N-dealkylation sites (tertiary alicyclic amines) is 1. The van der Waals surface area contributed by atoms with Gasteiger partial charge in [0.25, 0.3) is 5.91 Å². The number of carbonyl (C=O) groups excluding carboxylic acids is 1. The molecule has 28 heavy (non-hydrogen) atoms. The Balaban J connectivity index is 1.51. The molecule has 4 nitrogen and oxygen atoms in total. The van der Waals surface area contributed by atoms with Gasteiger partial charge in [0.2, 0.25) is 0 Å². The Kier molecular flexibility index (Phi) is 4.22. The number of aryl methyl sites for hydroxylation is 1. The van der Waals surface area contributed by atoms with Gasteiger partial charge in [-0.3, -0.25) is 4.79 Å². The van der Waals surface area contributed by atoms with E-state index in [9.17, 15) is 4.79 Å². The van der Waals surface area contributed by atoms with Crippen molar-refractivity contribution in [2.75, 3.05) is 6.54 Å². The molecule has 1 aliphatic carbocycles. The molecule has 0 saturated carbocycles. The van der Waals surface area contributed by atoms with E-state index in [1.54, 1.807) is 0 Å². The molecule has 144 valence electrons. The molecule has 1 aromatic carbocycles. The van der Waals surface area contributed by atoms with Crippen LogP contribution in [0.3, 0.4) is 0 Å². The van der Waals surface area contributed by atoms with Crippen LogP contribution in [-0.4, -0.2) is 32.8 Å². The van der Waals surface area contributed by atoms with E-state index in [-0.39, 0.29) is 5.91 Å². The number of pyridine rings is 1. The fraction of sp³-hybridized carbons (Fsp3) is 0.417. The molecule has 4 heteroatoms. The summed E-state index contributed by atoms with van der Waals surface area (Å²) in [7, 11) is 0. The molecule has 1 saturated heterocycles. The van der Waals surface area contributed by atoms with Gasteiger partial charge >= 0.3 is 0 Å². The second-order valence-electron chi connectivity index (χ2n) is 8.53. The smallest absolute Gasteiger partial charge is 0.254 e. The van der Waals surface area contributed by atoms with Crippen molar-refractivity contribution in [1.82, 2.24) is 14.3 Å². The zero-order chi connectivity index (χ0) is 19.3. The molecule has 2 atom stereocenters. The maximum absolute atomic E-state index is 13.6. The molecule has 2 aromatic heterocycles. The summed E-state index contributed by atoms with van der Waals surface area (Å²) in [6, 6.07) is 13.1. The number of aromatic nitrogens is 2. The zero-order valence-electron chi connectivity index (χ0n) is 16.6. The number of rotatable bonds is 2. The maximum atomic E-state index is 13.6. The van der Waals surface area contributed by atoms with Crippen LogP contribution in [0.15, 0.2) is 48.8 Å². The van der Waals surface area contributed by atoms with Crippen LogP contribution in [0.2, 0.25) is 0 Å². The highest BCUT2D eigenvalue weighted by molar-refractivity contribution is 5.95. The summed E-state index contributed by atoms with van der Waals surface area (Å²) in [5, 5.41) is 0. The highest BCUT2D eigenvalue weighted by atomic mass is 16.2. The van der Waals surface area contributed by atoms with Gasteiger partial charge in [-0.15, -0.1) is 0 Å². The van der Waals surface area contributed by atoms with Gasteiger partial charge in [0.05, 0.1) is 0 Å². The van der Waals surface area contributed by atoms with Gasteiger partial charge in [0.1, 0.15) is 5.65 Å². The standard InChI is InChI=1S/C24H27N3O/c1-16(2)22-14-18(15-23-25-11-13-26(22)23)24(28)27-12-5-8-20-19-7-4-3-6-17(19)9-10-21(20)27/h3-4,6-7,11,13-16,20-21H,5,8-10,12H2,1-2H3. The minimum atomic E-state index is 0.168. The zero-order valence-corrected chi connectivity index (χ0v) is 16.6. The lowest BCUT2D eigenvalue weighted by Gasteiger charge is -2.45. The molecule has 0 N–H and O–H groups in total. The van der Waals surface area contributed by atoms with Crippen LogP contribution in [0.4, 0.5) is 0 Å². The lowest BCUT2D eigenvalue weighted by atomic mass is 9.74. The minimum absolute atomic E-state index is 0.168. The summed E-state index contributed by atoms with van der Waals surface area (Å²) in [6.45, 7) is 5.19. The van der Waals surface area contributed by atoms with Crippen molar-refractivity contribution in [2.24, 2.45) is 0 Å². The molecule has 1 amide bonds. The van der Waals surface area contributed by atoms with E-state index in [2.05, 4.69) is 58.5 Å². The summed E-state index contributed by atoms with van der Waals surface area (Å²) in [5.41, 5.74) is 5.71. The number of hydrogen-bond donors (Lipinski definition) is 0. The normalized spacial score (nSPS) is 21.6. The molecule has 1 fully saturated rings. The van der Waals surface area contributed by atoms with Crippen molar-refractivity contribution in [1.29, 1.82) is 0 Å². The third kappa shape index (κ3) is 2.74. The number of imidazole rings is 1. The average Bonchev–Trinajstić information content (AvgIpc) is 3.20. The first-order chi connectivity index (χ1) is 13.6. The fourth-order valence-corrected chi connectivity index (χ4v) is 5.24. The van der Waals surface area contributed by atoms with Crippen LogP contribution >= 0.6 is 0 Å². The molecule has 5 rings (SSSR count). The highest BCUT2D eigenvalue weighted by Gasteiger charge is 2.38. The Morgan fingerprint density at radius 1 is 1.18 bits per heavy atom. The number of nitrogens with zero attached hydrogens (tertiary/aromatic N) is 3. The first kappa shape index (κ1) is 17.5. The number of fused-ring (bicyclic) bond motifs is 4. The second-order valence-corrected chi connectivity index (χ2v) is 8.53. The average molecular weight is 374 g/mol. The van der Waals surface area contributed by atoms with E-state index in [0.29, 0.717) is 17.9 Å². The summed E-state index contributed by atoms with van der Waals surface area (Å²) in [5.74, 6) is 0.976. The monoisotopic (exact) mass is 373 g/mol. The van der Waals surface area contributed by atoms with E-state index in [1.165, 1.54) is 17.5 Å². The molecule has 2 unspecified atom stereocenters. The van der Waals surface area contributed by atoms with Gasteiger partial charge < -0.3 is 9.30 Å². The fourth-order valence-electron chi connectivity index (χ4n) is 5.24. The predicted molar refractivity (Wildman–Crippen MR) is 111 cm³/mol. The molecule has 0 radical (unpaired) electrons. The lowest BCUT2D eigenvalue weighted by molar-refractivity contribution is 0.0546. The van der Waals surface area contributed by atoms with Gasteiger partial charge in [0.15, 0.2) is 0 Å². The predicted octanol–water partition coefficient (Wildman–Crippen LogP) is 4.79. The number of benzene rings is 1. The van der Waals surface area contributed by atoms with Crippen LogP contribution < -0.4 is 0 Å². The first-order valence-electron chi connectivity index (χ1n) is 10.5. The van der Waals surface area contributed by atoms with Crippen molar-refractivity contribution in [3.8, 4) is 0 Å². The second kappa shape index (κ2) is 6.77. The topological polar surface area (TPSA) is 37.6 Å². The molecule has 2 aliphatic rings. The molecule has 3 heterocycles. The first-order valence-corrected chi connectivity index (χ1v) is 10.5. The Labute approximate surface area is 166 Å². The third-order valence-electron chi connectivity index (χ3n) is 6.58. The lowest BCUT2D eigenvalue weighted by Crippen LogP contribution is -2.49. The van der Waals surface area contributed by atoms with Gasteiger partial charge in [-0.25, -0.2) is 4.98 Å². The Bertz CT molecular complexity index is 1040. The van der Waals surface area contributed by atoms with Gasteiger partial charge in [0, 0.05) is 42.2 Å². The van der Waals surface area contributed by atoms with Crippen molar-refractivity contribution in [3.05, 3.63) is 71.2 Å². The molecule has 0 bridgehead atoms. The van der Waals surface area contributed by atoms with Crippen molar-refractivity contribution in [3.63, 3.8) is 0 Å². The van der Waals surface area contributed by atoms with Crippen LogP contribution in [0.5, 0.6) is 0 Å². The molecular weight excluding hydrogens is 346 g/mol. The number of hydrogen-bond acceptors (Lipinski definition) is 2. The van der Waals surface area contributed by atoms with E-state index in [4.69, 9.17) is 0 Å². The molecule has 1 aliphatic heterocycles. The molecular formula is C24H27N3O. The Morgan fingerprint density at radius 2 is 2.04 bits per heavy atom. The van der Waals surface area contributed by atoms with E-state index < -0.39 is 0 Å². The SMILES string of the molecule is CC(C)c1cc(C(=O)N2CCCC3c4ccccc4CCC32)cc2nccn12.